The molecular weight excluding hydrogens is 280 g/mol. The minimum Gasteiger partial charge on any atom is -0.346 e. The average molecular weight is 289 g/mol. The number of imidazole rings is 1. The van der Waals surface area contributed by atoms with Crippen molar-refractivity contribution in [3.05, 3.63) is 63.5 Å². The van der Waals surface area contributed by atoms with Crippen LogP contribution in [0.1, 0.15) is 0 Å². The molecule has 17 heavy (non-hydrogen) atoms. The van der Waals surface area contributed by atoms with Gasteiger partial charge in [-0.25, -0.2) is 0 Å². The normalized spacial score (nSPS) is 10.9. The molecule has 0 bridgehead atoms. The molecule has 2 aromatic heterocycles. The van der Waals surface area contributed by atoms with Crippen molar-refractivity contribution < 1.29 is 0 Å². The van der Waals surface area contributed by atoms with E-state index in [1.165, 1.54) is 0 Å². The molecule has 2 heterocycles. The zero-order valence-electron chi connectivity index (χ0n) is 8.85. The van der Waals surface area contributed by atoms with Crippen molar-refractivity contribution in [2.24, 2.45) is 0 Å². The van der Waals surface area contributed by atoms with Gasteiger partial charge < -0.3 is 9.38 Å². The van der Waals surface area contributed by atoms with E-state index in [9.17, 15) is 4.79 Å². The summed E-state index contributed by atoms with van der Waals surface area (Å²) >= 11 is 3.45. The van der Waals surface area contributed by atoms with Crippen molar-refractivity contribution in [3.63, 3.8) is 0 Å². The van der Waals surface area contributed by atoms with Crippen LogP contribution in [-0.4, -0.2) is 9.38 Å². The topological polar surface area (TPSA) is 37.3 Å². The molecule has 0 aliphatic heterocycles. The minimum atomic E-state index is 0.00708. The van der Waals surface area contributed by atoms with Gasteiger partial charge in [0.2, 0.25) is 0 Å². The first-order chi connectivity index (χ1) is 8.24. The van der Waals surface area contributed by atoms with Gasteiger partial charge in [-0.15, -0.1) is 0 Å². The monoisotopic (exact) mass is 288 g/mol. The molecule has 4 heteroatoms. The van der Waals surface area contributed by atoms with E-state index in [0.29, 0.717) is 0 Å². The number of rotatable bonds is 1. The lowest BCUT2D eigenvalue weighted by Crippen LogP contribution is -1.99. The van der Waals surface area contributed by atoms with Gasteiger partial charge in [0.25, 0.3) is 0 Å². The molecule has 1 N–H and O–H groups in total. The van der Waals surface area contributed by atoms with Gasteiger partial charge >= 0.3 is 0 Å². The Labute approximate surface area is 106 Å². The summed E-state index contributed by atoms with van der Waals surface area (Å²) in [6, 6.07) is 11.2. The molecule has 0 aliphatic rings. The first-order valence-corrected chi connectivity index (χ1v) is 5.99. The third-order valence-corrected chi connectivity index (χ3v) is 3.16. The van der Waals surface area contributed by atoms with Crippen molar-refractivity contribution in [1.29, 1.82) is 0 Å². The van der Waals surface area contributed by atoms with E-state index in [1.807, 2.05) is 34.9 Å². The Kier molecular flexibility index (Phi) is 2.37. The predicted molar refractivity (Wildman–Crippen MR) is 71.2 cm³/mol. The SMILES string of the molecule is O=c1ccn2c(-c3cccc(Br)c3)c[nH]c2c1. The third-order valence-electron chi connectivity index (χ3n) is 2.66. The lowest BCUT2D eigenvalue weighted by Gasteiger charge is -2.01. The van der Waals surface area contributed by atoms with Crippen LogP contribution in [0.3, 0.4) is 0 Å². The maximum atomic E-state index is 11.2. The maximum Gasteiger partial charge on any atom is 0.183 e. The number of pyridine rings is 1. The summed E-state index contributed by atoms with van der Waals surface area (Å²) in [5.41, 5.74) is 2.93. The summed E-state index contributed by atoms with van der Waals surface area (Å²) in [7, 11) is 0. The molecule has 84 valence electrons. The fourth-order valence-electron chi connectivity index (χ4n) is 1.88. The number of hydrogen-bond acceptors (Lipinski definition) is 1. The zero-order valence-corrected chi connectivity index (χ0v) is 10.4. The van der Waals surface area contributed by atoms with Gasteiger partial charge in [-0.3, -0.25) is 4.79 Å². The lowest BCUT2D eigenvalue weighted by atomic mass is 10.2. The van der Waals surface area contributed by atoms with Crippen molar-refractivity contribution in [2.45, 2.75) is 0 Å². The summed E-state index contributed by atoms with van der Waals surface area (Å²) < 4.78 is 2.99. The fourth-order valence-corrected chi connectivity index (χ4v) is 2.28. The van der Waals surface area contributed by atoms with E-state index in [0.717, 1.165) is 21.4 Å². The molecule has 0 unspecified atom stereocenters. The Morgan fingerprint density at radius 2 is 2.06 bits per heavy atom. The second-order valence-corrected chi connectivity index (χ2v) is 4.72. The van der Waals surface area contributed by atoms with E-state index < -0.39 is 0 Å². The van der Waals surface area contributed by atoms with Crippen LogP contribution >= 0.6 is 15.9 Å². The van der Waals surface area contributed by atoms with Crippen LogP contribution in [0.2, 0.25) is 0 Å². The molecule has 0 atom stereocenters. The van der Waals surface area contributed by atoms with Gasteiger partial charge in [0, 0.05) is 34.6 Å². The number of nitrogens with zero attached hydrogens (tertiary/aromatic N) is 1. The van der Waals surface area contributed by atoms with Crippen molar-refractivity contribution in [1.82, 2.24) is 9.38 Å². The van der Waals surface area contributed by atoms with Gasteiger partial charge in [-0.2, -0.15) is 0 Å². The first kappa shape index (κ1) is 10.4. The number of aromatic amines is 1. The van der Waals surface area contributed by atoms with Crippen molar-refractivity contribution in [2.75, 3.05) is 0 Å². The molecule has 3 rings (SSSR count). The quantitative estimate of drug-likeness (QED) is 0.734. The van der Waals surface area contributed by atoms with E-state index in [-0.39, 0.29) is 5.43 Å². The smallest absolute Gasteiger partial charge is 0.183 e. The van der Waals surface area contributed by atoms with Crippen LogP contribution in [-0.2, 0) is 0 Å². The van der Waals surface area contributed by atoms with E-state index >= 15 is 0 Å². The second kappa shape index (κ2) is 3.89. The molecular formula is C13H9BrN2O. The molecule has 0 saturated heterocycles. The maximum absolute atomic E-state index is 11.2. The number of aromatic nitrogens is 2. The lowest BCUT2D eigenvalue weighted by molar-refractivity contribution is 1.18. The highest BCUT2D eigenvalue weighted by atomic mass is 79.9. The average Bonchev–Trinajstić information content (AvgIpc) is 2.71. The second-order valence-electron chi connectivity index (χ2n) is 3.80. The summed E-state index contributed by atoms with van der Waals surface area (Å²) in [6.07, 6.45) is 3.68. The Bertz CT molecular complexity index is 742. The van der Waals surface area contributed by atoms with Crippen LogP contribution in [0.25, 0.3) is 16.9 Å². The highest BCUT2D eigenvalue weighted by Crippen LogP contribution is 2.23. The van der Waals surface area contributed by atoms with Crippen LogP contribution in [0.5, 0.6) is 0 Å². The number of hydrogen-bond donors (Lipinski definition) is 1. The van der Waals surface area contributed by atoms with E-state index in [4.69, 9.17) is 0 Å². The minimum absolute atomic E-state index is 0.00708. The number of H-pyrrole nitrogens is 1. The van der Waals surface area contributed by atoms with Gasteiger partial charge in [0.15, 0.2) is 5.43 Å². The molecule has 3 aromatic rings. The summed E-state index contributed by atoms with van der Waals surface area (Å²) in [5, 5.41) is 0. The molecule has 0 aliphatic carbocycles. The van der Waals surface area contributed by atoms with Crippen LogP contribution in [0, 0.1) is 0 Å². The number of benzene rings is 1. The third kappa shape index (κ3) is 1.80. The largest absolute Gasteiger partial charge is 0.346 e. The number of halogens is 1. The van der Waals surface area contributed by atoms with Crippen LogP contribution < -0.4 is 5.43 Å². The highest BCUT2D eigenvalue weighted by molar-refractivity contribution is 9.10. The zero-order chi connectivity index (χ0) is 11.8. The Morgan fingerprint density at radius 1 is 1.18 bits per heavy atom. The van der Waals surface area contributed by atoms with Crippen molar-refractivity contribution in [3.8, 4) is 11.3 Å². The molecule has 3 nitrogen and oxygen atoms in total. The summed E-state index contributed by atoms with van der Waals surface area (Å²) in [5.74, 6) is 0. The van der Waals surface area contributed by atoms with Crippen LogP contribution in [0.4, 0.5) is 0 Å². The van der Waals surface area contributed by atoms with Crippen molar-refractivity contribution >= 4 is 21.6 Å². The van der Waals surface area contributed by atoms with Crippen LogP contribution in [0.15, 0.2) is 58.1 Å². The standard InChI is InChI=1S/C13H9BrN2O/c14-10-3-1-2-9(6-10)12-8-15-13-7-11(17)4-5-16(12)13/h1-8,15H. The molecule has 0 saturated carbocycles. The predicted octanol–water partition coefficient (Wildman–Crippen LogP) is 3.06. The Hall–Kier alpha value is -1.81. The first-order valence-electron chi connectivity index (χ1n) is 5.20. The highest BCUT2D eigenvalue weighted by Gasteiger charge is 2.04. The summed E-state index contributed by atoms with van der Waals surface area (Å²) in [6.45, 7) is 0. The number of nitrogens with one attached hydrogen (secondary N) is 1. The van der Waals surface area contributed by atoms with E-state index in [2.05, 4.69) is 20.9 Å². The Morgan fingerprint density at radius 3 is 2.88 bits per heavy atom. The van der Waals surface area contributed by atoms with E-state index in [1.54, 1.807) is 18.3 Å². The number of fused-ring (bicyclic) bond motifs is 1. The molecule has 0 fully saturated rings. The fraction of sp³-hybridized carbons (Fsp3) is 0. The molecule has 0 radical (unpaired) electrons. The van der Waals surface area contributed by atoms with Gasteiger partial charge in [0.05, 0.1) is 5.69 Å². The van der Waals surface area contributed by atoms with Gasteiger partial charge in [0.1, 0.15) is 5.65 Å². The summed E-state index contributed by atoms with van der Waals surface area (Å²) in [4.78, 5) is 14.3. The molecule has 0 spiro atoms. The van der Waals surface area contributed by atoms with Gasteiger partial charge in [-0.05, 0) is 12.1 Å². The molecule has 0 amide bonds. The Balaban J connectivity index is 2.28. The molecule has 1 aromatic carbocycles. The van der Waals surface area contributed by atoms with Gasteiger partial charge in [-0.1, -0.05) is 28.1 Å².